The molecule has 2 aromatic heterocycles. The fraction of sp³-hybridized carbons (Fsp3) is 0. The summed E-state index contributed by atoms with van der Waals surface area (Å²) in [6.07, 6.45) is 0. The van der Waals surface area contributed by atoms with Crippen LogP contribution in [-0.4, -0.2) is 9.97 Å². The maximum Gasteiger partial charge on any atom is 0.0710 e. The molecule has 2 heterocycles. The molecule has 94 valence electrons. The zero-order valence-corrected chi connectivity index (χ0v) is 10.2. The van der Waals surface area contributed by atoms with Crippen molar-refractivity contribution >= 4 is 43.6 Å². The third kappa shape index (κ3) is 1.14. The highest BCUT2D eigenvalue weighted by Gasteiger charge is 2.10. The summed E-state index contributed by atoms with van der Waals surface area (Å²) < 4.78 is 65.6. The molecule has 2 N–H and O–H groups in total. The van der Waals surface area contributed by atoms with E-state index in [4.69, 9.17) is 11.0 Å². The normalized spacial score (nSPS) is 17.6. The summed E-state index contributed by atoms with van der Waals surface area (Å²) in [6.45, 7) is 0. The van der Waals surface area contributed by atoms with Crippen LogP contribution in [0.4, 0.5) is 0 Å². The van der Waals surface area contributed by atoms with Crippen molar-refractivity contribution in [3.63, 3.8) is 0 Å². The average Bonchev–Trinajstić information content (AvgIpc) is 3.22. The lowest BCUT2D eigenvalue weighted by atomic mass is 10.1. The van der Waals surface area contributed by atoms with Gasteiger partial charge in [-0.1, -0.05) is 48.4 Å². The van der Waals surface area contributed by atoms with Gasteiger partial charge in [0.2, 0.25) is 0 Å². The van der Waals surface area contributed by atoms with Crippen molar-refractivity contribution in [2.45, 2.75) is 0 Å². The lowest BCUT2D eigenvalue weighted by molar-refractivity contribution is 1.51. The molecule has 0 aliphatic carbocycles. The molecule has 0 atom stereocenters. The maximum absolute atomic E-state index is 8.52. The minimum absolute atomic E-state index is 0.0122. The molecule has 2 heteroatoms. The van der Waals surface area contributed by atoms with Gasteiger partial charge in [-0.15, -0.1) is 0 Å². The highest BCUT2D eigenvalue weighted by atomic mass is 14.8. The Morgan fingerprint density at radius 3 is 1.60 bits per heavy atom. The molecule has 0 saturated heterocycles. The minimum Gasteiger partial charge on any atom is -0.353 e. The fourth-order valence-electron chi connectivity index (χ4n) is 2.65. The van der Waals surface area contributed by atoms with E-state index in [1.165, 1.54) is 12.1 Å². The van der Waals surface area contributed by atoms with Gasteiger partial charge in [0.05, 0.1) is 22.0 Å². The molecule has 0 fully saturated rings. The van der Waals surface area contributed by atoms with Crippen LogP contribution in [0, 0.1) is 0 Å². The predicted octanol–water partition coefficient (Wildman–Crippen LogP) is 4.96. The predicted molar refractivity (Wildman–Crippen MR) is 85.2 cm³/mol. The van der Waals surface area contributed by atoms with Gasteiger partial charge in [-0.3, -0.25) is 0 Å². The van der Waals surface area contributed by atoms with E-state index in [-0.39, 0.29) is 69.9 Å². The van der Waals surface area contributed by atoms with Crippen LogP contribution >= 0.6 is 0 Å². The maximum atomic E-state index is 8.52. The number of nitrogens with one attached hydrogen (secondary N) is 2. The molecule has 0 aliphatic heterocycles. The number of hydrogen-bond donors (Lipinski definition) is 2. The standard InChI is InChI=1S/C18H12N2/c1-3-7-15-11(5-1)13-9-10-14-12-6-2-4-8-16(12)20-18(14)17(13)19-15/h1-10,19-20H/i1D,2D,5D,6D,7D,8D,9D,10D. The number of para-hydroxylation sites is 2. The van der Waals surface area contributed by atoms with Crippen LogP contribution in [0.3, 0.4) is 0 Å². The molecule has 3 aromatic carbocycles. The van der Waals surface area contributed by atoms with Crippen LogP contribution in [0.15, 0.2) is 60.5 Å². The molecule has 5 rings (SSSR count). The third-order valence-corrected chi connectivity index (χ3v) is 3.53. The Kier molecular flexibility index (Phi) is 0.912. The molecule has 0 amide bonds. The van der Waals surface area contributed by atoms with Crippen molar-refractivity contribution in [1.82, 2.24) is 9.97 Å². The molecule has 5 aromatic rings. The zero-order valence-electron chi connectivity index (χ0n) is 18.2. The molecule has 0 unspecified atom stereocenters. The molecule has 0 radical (unpaired) electrons. The fourth-order valence-corrected chi connectivity index (χ4v) is 2.65. The van der Waals surface area contributed by atoms with Crippen LogP contribution in [0.5, 0.6) is 0 Å². The Morgan fingerprint density at radius 2 is 1.10 bits per heavy atom. The summed E-state index contributed by atoms with van der Waals surface area (Å²) in [5.74, 6) is 0. The summed E-state index contributed by atoms with van der Waals surface area (Å²) in [4.78, 5) is 6.09. The largest absolute Gasteiger partial charge is 0.353 e. The van der Waals surface area contributed by atoms with Gasteiger partial charge in [-0.2, -0.15) is 0 Å². The average molecular weight is 264 g/mol. The van der Waals surface area contributed by atoms with Crippen molar-refractivity contribution in [1.29, 1.82) is 0 Å². The summed E-state index contributed by atoms with van der Waals surface area (Å²) in [7, 11) is 0. The molecule has 0 aliphatic rings. The van der Waals surface area contributed by atoms with Crippen LogP contribution in [-0.2, 0) is 0 Å². The second kappa shape index (κ2) is 3.42. The van der Waals surface area contributed by atoms with E-state index < -0.39 is 0 Å². The number of hydrogen-bond acceptors (Lipinski definition) is 0. The van der Waals surface area contributed by atoms with Gasteiger partial charge in [0, 0.05) is 32.6 Å². The molecule has 20 heavy (non-hydrogen) atoms. The van der Waals surface area contributed by atoms with Gasteiger partial charge in [-0.25, -0.2) is 0 Å². The van der Waals surface area contributed by atoms with Crippen LogP contribution in [0.25, 0.3) is 43.6 Å². The molecule has 2 nitrogen and oxygen atoms in total. The Labute approximate surface area is 126 Å². The number of H-pyrrole nitrogens is 2. The molecule has 0 saturated carbocycles. The Morgan fingerprint density at radius 1 is 0.600 bits per heavy atom. The highest BCUT2D eigenvalue weighted by Crippen LogP contribution is 2.34. The molecule has 0 bridgehead atoms. The van der Waals surface area contributed by atoms with E-state index >= 15 is 0 Å². The third-order valence-electron chi connectivity index (χ3n) is 3.53. The summed E-state index contributed by atoms with van der Waals surface area (Å²) in [5.41, 5.74) is 1.38. The number of fused-ring (bicyclic) bond motifs is 7. The molecular formula is C18H12N2. The van der Waals surface area contributed by atoms with Crippen LogP contribution in [0.1, 0.15) is 11.0 Å². The van der Waals surface area contributed by atoms with E-state index in [0.29, 0.717) is 22.1 Å². The van der Waals surface area contributed by atoms with E-state index in [2.05, 4.69) is 9.97 Å². The Bertz CT molecular complexity index is 1380. The number of benzene rings is 3. The summed E-state index contributed by atoms with van der Waals surface area (Å²) in [6, 6.07) is 1.63. The van der Waals surface area contributed by atoms with E-state index in [9.17, 15) is 0 Å². The quantitative estimate of drug-likeness (QED) is 0.396. The van der Waals surface area contributed by atoms with Crippen molar-refractivity contribution in [3.05, 3.63) is 60.5 Å². The number of aromatic nitrogens is 2. The van der Waals surface area contributed by atoms with Crippen molar-refractivity contribution in [2.24, 2.45) is 0 Å². The Hall–Kier alpha value is -2.74. The summed E-state index contributed by atoms with van der Waals surface area (Å²) >= 11 is 0. The summed E-state index contributed by atoms with van der Waals surface area (Å²) in [5, 5.41) is 1.00. The van der Waals surface area contributed by atoms with E-state index in [1.54, 1.807) is 0 Å². The number of aromatic amines is 2. The van der Waals surface area contributed by atoms with Gasteiger partial charge >= 0.3 is 0 Å². The van der Waals surface area contributed by atoms with Gasteiger partial charge in [0.25, 0.3) is 0 Å². The first-order chi connectivity index (χ1) is 13.2. The van der Waals surface area contributed by atoms with Gasteiger partial charge in [0.15, 0.2) is 0 Å². The molecular weight excluding hydrogens is 244 g/mol. The molecule has 0 spiro atoms. The van der Waals surface area contributed by atoms with Gasteiger partial charge in [-0.05, 0) is 12.1 Å². The Balaban J connectivity index is 2.17. The SMILES string of the molecule is [2H]c1cc([2H])c2[nH]c3c4[nH]c5c([2H])cc([2H])c([2H])c5c4c([2H])c([2H])c3c2c1[2H]. The second-order valence-electron chi connectivity index (χ2n) is 4.62. The van der Waals surface area contributed by atoms with E-state index in [0.717, 1.165) is 0 Å². The van der Waals surface area contributed by atoms with Crippen LogP contribution < -0.4 is 0 Å². The van der Waals surface area contributed by atoms with Crippen molar-refractivity contribution in [2.75, 3.05) is 0 Å². The van der Waals surface area contributed by atoms with Gasteiger partial charge in [0.1, 0.15) is 0 Å². The number of rotatable bonds is 0. The second-order valence-corrected chi connectivity index (χ2v) is 4.62. The topological polar surface area (TPSA) is 31.6 Å². The first-order valence-corrected chi connectivity index (χ1v) is 6.15. The van der Waals surface area contributed by atoms with Crippen LogP contribution in [0.2, 0.25) is 0 Å². The van der Waals surface area contributed by atoms with Gasteiger partial charge < -0.3 is 9.97 Å². The van der Waals surface area contributed by atoms with Crippen molar-refractivity contribution in [3.8, 4) is 0 Å². The monoisotopic (exact) mass is 264 g/mol. The lowest BCUT2D eigenvalue weighted by Gasteiger charge is -1.94. The first kappa shape index (κ1) is 5.33. The highest BCUT2D eigenvalue weighted by molar-refractivity contribution is 6.21. The lowest BCUT2D eigenvalue weighted by Crippen LogP contribution is -1.72. The minimum atomic E-state index is -0.186. The smallest absolute Gasteiger partial charge is 0.0710 e. The zero-order chi connectivity index (χ0) is 20.1. The first-order valence-electron chi connectivity index (χ1n) is 10.2. The van der Waals surface area contributed by atoms with Crippen molar-refractivity contribution < 1.29 is 11.0 Å². The van der Waals surface area contributed by atoms with E-state index in [1.807, 2.05) is 0 Å².